The number of nitrogens with one attached hydrogen (secondary N) is 1. The minimum absolute atomic E-state index is 0.514. The summed E-state index contributed by atoms with van der Waals surface area (Å²) in [7, 11) is 0. The van der Waals surface area contributed by atoms with E-state index in [9.17, 15) is 9.59 Å². The number of primary amides is 1. The highest BCUT2D eigenvalue weighted by atomic mass is 16.2. The van der Waals surface area contributed by atoms with Crippen LogP contribution >= 0.6 is 0 Å². The van der Waals surface area contributed by atoms with Crippen molar-refractivity contribution in [3.63, 3.8) is 0 Å². The average Bonchev–Trinajstić information content (AvgIpc) is 1.98. The minimum Gasteiger partial charge on any atom is -0.368 e. The zero-order chi connectivity index (χ0) is 8.85. The highest BCUT2D eigenvalue weighted by Crippen LogP contribution is 1.77. The standard InChI is InChI=1S/C6H13N3O2/c1-2-3-9-6(11)4(7)5(8)10/h4H,2-3,7H2,1H3,(H2,8,10)(H,9,11). The van der Waals surface area contributed by atoms with Gasteiger partial charge in [0.15, 0.2) is 6.04 Å². The van der Waals surface area contributed by atoms with Gasteiger partial charge < -0.3 is 16.8 Å². The maximum Gasteiger partial charge on any atom is 0.246 e. The molecule has 0 aromatic carbocycles. The Labute approximate surface area is 65.1 Å². The van der Waals surface area contributed by atoms with E-state index in [1.165, 1.54) is 0 Å². The van der Waals surface area contributed by atoms with Crippen LogP contribution in [0.2, 0.25) is 0 Å². The molecule has 0 saturated carbocycles. The second kappa shape index (κ2) is 4.68. The van der Waals surface area contributed by atoms with Gasteiger partial charge in [0.25, 0.3) is 0 Å². The van der Waals surface area contributed by atoms with Gasteiger partial charge in [-0.2, -0.15) is 0 Å². The van der Waals surface area contributed by atoms with Crippen LogP contribution in [-0.4, -0.2) is 24.4 Å². The fourth-order valence-electron chi connectivity index (χ4n) is 0.487. The molecule has 11 heavy (non-hydrogen) atoms. The van der Waals surface area contributed by atoms with Crippen molar-refractivity contribution in [1.82, 2.24) is 5.32 Å². The summed E-state index contributed by atoms with van der Waals surface area (Å²) in [4.78, 5) is 21.1. The van der Waals surface area contributed by atoms with E-state index in [1.54, 1.807) is 0 Å². The van der Waals surface area contributed by atoms with E-state index in [4.69, 9.17) is 11.5 Å². The molecule has 0 aliphatic rings. The average molecular weight is 159 g/mol. The molecule has 0 aliphatic heterocycles. The number of carbonyl (C=O) groups is 2. The van der Waals surface area contributed by atoms with Gasteiger partial charge in [0.05, 0.1) is 0 Å². The maximum absolute atomic E-state index is 10.8. The van der Waals surface area contributed by atoms with E-state index in [2.05, 4.69) is 5.32 Å². The molecule has 0 fully saturated rings. The van der Waals surface area contributed by atoms with E-state index in [-0.39, 0.29) is 0 Å². The Hall–Kier alpha value is -1.10. The SMILES string of the molecule is CCCNC(=O)C(N)C(N)=O. The first-order valence-electron chi connectivity index (χ1n) is 3.42. The predicted molar refractivity (Wildman–Crippen MR) is 40.5 cm³/mol. The zero-order valence-electron chi connectivity index (χ0n) is 6.46. The molecule has 0 radical (unpaired) electrons. The molecule has 0 heterocycles. The molecule has 64 valence electrons. The van der Waals surface area contributed by atoms with Crippen molar-refractivity contribution in [2.45, 2.75) is 19.4 Å². The van der Waals surface area contributed by atoms with Gasteiger partial charge in [-0.05, 0) is 6.42 Å². The number of amides is 2. The third kappa shape index (κ3) is 3.57. The molecule has 0 bridgehead atoms. The van der Waals surface area contributed by atoms with Crippen molar-refractivity contribution < 1.29 is 9.59 Å². The van der Waals surface area contributed by atoms with E-state index in [1.807, 2.05) is 6.92 Å². The second-order valence-corrected chi connectivity index (χ2v) is 2.17. The molecular weight excluding hydrogens is 146 g/mol. The quantitative estimate of drug-likeness (QED) is 0.427. The summed E-state index contributed by atoms with van der Waals surface area (Å²) in [6.07, 6.45) is 0.803. The summed E-state index contributed by atoms with van der Waals surface area (Å²) < 4.78 is 0. The number of hydrogen-bond acceptors (Lipinski definition) is 3. The van der Waals surface area contributed by atoms with Crippen LogP contribution in [0.15, 0.2) is 0 Å². The smallest absolute Gasteiger partial charge is 0.246 e. The fraction of sp³-hybridized carbons (Fsp3) is 0.667. The predicted octanol–water partition coefficient (Wildman–Crippen LogP) is -1.67. The van der Waals surface area contributed by atoms with Crippen LogP contribution < -0.4 is 16.8 Å². The van der Waals surface area contributed by atoms with Crippen molar-refractivity contribution in [2.75, 3.05) is 6.54 Å². The maximum atomic E-state index is 10.8. The third-order valence-corrected chi connectivity index (χ3v) is 1.14. The van der Waals surface area contributed by atoms with Gasteiger partial charge in [-0.1, -0.05) is 6.92 Å². The third-order valence-electron chi connectivity index (χ3n) is 1.14. The van der Waals surface area contributed by atoms with Crippen molar-refractivity contribution in [2.24, 2.45) is 11.5 Å². The molecule has 0 aromatic rings. The molecule has 0 spiro atoms. The van der Waals surface area contributed by atoms with Crippen molar-refractivity contribution in [3.05, 3.63) is 0 Å². The van der Waals surface area contributed by atoms with Gasteiger partial charge >= 0.3 is 0 Å². The van der Waals surface area contributed by atoms with Crippen molar-refractivity contribution >= 4 is 11.8 Å². The lowest BCUT2D eigenvalue weighted by atomic mass is 10.3. The number of rotatable bonds is 4. The monoisotopic (exact) mass is 159 g/mol. The Kier molecular flexibility index (Phi) is 4.21. The lowest BCUT2D eigenvalue weighted by Gasteiger charge is -2.06. The second-order valence-electron chi connectivity index (χ2n) is 2.17. The van der Waals surface area contributed by atoms with Crippen LogP contribution in [0.3, 0.4) is 0 Å². The molecule has 1 atom stereocenters. The van der Waals surface area contributed by atoms with E-state index < -0.39 is 17.9 Å². The van der Waals surface area contributed by atoms with Gasteiger partial charge in [-0.15, -0.1) is 0 Å². The van der Waals surface area contributed by atoms with E-state index in [0.717, 1.165) is 6.42 Å². The molecule has 1 unspecified atom stereocenters. The molecule has 0 aliphatic carbocycles. The summed E-state index contributed by atoms with van der Waals surface area (Å²) in [5, 5.41) is 2.45. The molecule has 2 amide bonds. The normalized spacial score (nSPS) is 12.2. The van der Waals surface area contributed by atoms with Crippen LogP contribution in [0.25, 0.3) is 0 Å². The van der Waals surface area contributed by atoms with Crippen molar-refractivity contribution in [1.29, 1.82) is 0 Å². The summed E-state index contributed by atoms with van der Waals surface area (Å²) in [5.74, 6) is -1.32. The molecular formula is C6H13N3O2. The molecule has 5 heteroatoms. The molecule has 0 saturated heterocycles. The summed E-state index contributed by atoms with van der Waals surface area (Å²) in [5.41, 5.74) is 9.90. The lowest BCUT2D eigenvalue weighted by molar-refractivity contribution is -0.129. The summed E-state index contributed by atoms with van der Waals surface area (Å²) in [6.45, 7) is 2.41. The van der Waals surface area contributed by atoms with Gasteiger partial charge in [-0.25, -0.2) is 0 Å². The van der Waals surface area contributed by atoms with Gasteiger partial charge in [0, 0.05) is 6.54 Å². The van der Waals surface area contributed by atoms with Gasteiger partial charge in [-0.3, -0.25) is 9.59 Å². The van der Waals surface area contributed by atoms with Crippen LogP contribution in [0, 0.1) is 0 Å². The first-order chi connectivity index (χ1) is 5.09. The summed E-state index contributed by atoms with van der Waals surface area (Å²) in [6, 6.07) is -1.22. The minimum atomic E-state index is -1.22. The van der Waals surface area contributed by atoms with Crippen LogP contribution in [0.4, 0.5) is 0 Å². The largest absolute Gasteiger partial charge is 0.368 e. The Morgan fingerprint density at radius 1 is 1.55 bits per heavy atom. The summed E-state index contributed by atoms with van der Waals surface area (Å²) >= 11 is 0. The molecule has 5 nitrogen and oxygen atoms in total. The zero-order valence-corrected chi connectivity index (χ0v) is 6.46. The highest BCUT2D eigenvalue weighted by Gasteiger charge is 2.17. The highest BCUT2D eigenvalue weighted by molar-refractivity contribution is 6.03. The van der Waals surface area contributed by atoms with Crippen LogP contribution in [-0.2, 0) is 9.59 Å². The van der Waals surface area contributed by atoms with Gasteiger partial charge in [0.2, 0.25) is 11.8 Å². The molecule has 0 rings (SSSR count). The lowest BCUT2D eigenvalue weighted by Crippen LogP contribution is -2.49. The van der Waals surface area contributed by atoms with E-state index >= 15 is 0 Å². The van der Waals surface area contributed by atoms with Crippen LogP contribution in [0.5, 0.6) is 0 Å². The van der Waals surface area contributed by atoms with E-state index in [0.29, 0.717) is 6.54 Å². The Morgan fingerprint density at radius 2 is 2.09 bits per heavy atom. The number of hydrogen-bond donors (Lipinski definition) is 3. The van der Waals surface area contributed by atoms with Gasteiger partial charge in [0.1, 0.15) is 0 Å². The molecule has 5 N–H and O–H groups in total. The fourth-order valence-corrected chi connectivity index (χ4v) is 0.487. The Morgan fingerprint density at radius 3 is 2.45 bits per heavy atom. The first-order valence-corrected chi connectivity index (χ1v) is 3.42. The van der Waals surface area contributed by atoms with Crippen molar-refractivity contribution in [3.8, 4) is 0 Å². The number of carbonyl (C=O) groups excluding carboxylic acids is 2. The molecule has 0 aromatic heterocycles. The Balaban J connectivity index is 3.74. The topological polar surface area (TPSA) is 98.2 Å². The Bertz CT molecular complexity index is 158. The van der Waals surface area contributed by atoms with Crippen LogP contribution in [0.1, 0.15) is 13.3 Å². The first kappa shape index (κ1) is 9.90. The number of nitrogens with two attached hydrogens (primary N) is 2.